The lowest BCUT2D eigenvalue weighted by Crippen LogP contribution is -2.44. The van der Waals surface area contributed by atoms with E-state index in [0.717, 1.165) is 10.2 Å². The number of carbonyl (C=O) groups excluding carboxylic acids is 1. The van der Waals surface area contributed by atoms with E-state index in [1.165, 1.54) is 6.08 Å². The molecule has 1 atom stereocenters. The molecule has 0 rings (SSSR count). The van der Waals surface area contributed by atoms with E-state index in [9.17, 15) is 4.79 Å². The second-order valence-electron chi connectivity index (χ2n) is 4.39. The molecule has 0 aliphatic carbocycles. The fraction of sp³-hybridized carbons (Fsp3) is 0.667. The minimum Gasteiger partial charge on any atom is -0.461 e. The Labute approximate surface area is 77.4 Å². The van der Waals surface area contributed by atoms with Crippen LogP contribution in [-0.2, 0) is 9.53 Å². The molecule has 0 aromatic carbocycles. The number of hydrogen-bond acceptors (Lipinski definition) is 2. The third-order valence-electron chi connectivity index (χ3n) is 2.33. The van der Waals surface area contributed by atoms with Crippen molar-refractivity contribution in [1.82, 2.24) is 0 Å². The molecule has 0 aliphatic heterocycles. The third kappa shape index (κ3) is 2.81. The number of hydrogen-bond donors (Lipinski definition) is 0. The molecule has 3 heteroatoms. The summed E-state index contributed by atoms with van der Waals surface area (Å²) in [5, 5.41) is -0.321. The van der Waals surface area contributed by atoms with Gasteiger partial charge < -0.3 is 4.74 Å². The fourth-order valence-corrected chi connectivity index (χ4v) is 0.647. The highest BCUT2D eigenvalue weighted by molar-refractivity contribution is 6.15. The molecular formula is C9H18O2Si. The molecule has 0 N–H and O–H groups in total. The van der Waals surface area contributed by atoms with Crippen molar-refractivity contribution in [3.05, 3.63) is 12.7 Å². The smallest absolute Gasteiger partial charge is 0.330 e. The van der Waals surface area contributed by atoms with Gasteiger partial charge in [0.15, 0.2) is 0 Å². The molecule has 0 spiro atoms. The van der Waals surface area contributed by atoms with E-state index in [4.69, 9.17) is 4.74 Å². The van der Waals surface area contributed by atoms with Crippen molar-refractivity contribution in [2.24, 2.45) is 5.41 Å². The van der Waals surface area contributed by atoms with Gasteiger partial charge in [-0.2, -0.15) is 0 Å². The van der Waals surface area contributed by atoms with Gasteiger partial charge in [-0.1, -0.05) is 27.4 Å². The van der Waals surface area contributed by atoms with Crippen molar-refractivity contribution < 1.29 is 9.53 Å². The van der Waals surface area contributed by atoms with E-state index in [2.05, 4.69) is 27.4 Å². The molecule has 70 valence electrons. The zero-order valence-corrected chi connectivity index (χ0v) is 10.6. The SMILES string of the molecule is C=CC(=O)OC(C)([SiH3])C(C)(C)C. The lowest BCUT2D eigenvalue weighted by molar-refractivity contribution is -0.151. The molecule has 0 fully saturated rings. The van der Waals surface area contributed by atoms with E-state index in [1.54, 1.807) is 0 Å². The van der Waals surface area contributed by atoms with Gasteiger partial charge in [-0.15, -0.1) is 0 Å². The Morgan fingerprint density at radius 2 is 1.83 bits per heavy atom. The maximum Gasteiger partial charge on any atom is 0.330 e. The molecule has 0 aromatic heterocycles. The summed E-state index contributed by atoms with van der Waals surface area (Å²) in [6.07, 6.45) is 1.21. The van der Waals surface area contributed by atoms with E-state index in [1.807, 2.05) is 6.92 Å². The average Bonchev–Trinajstić information content (AvgIpc) is 1.84. The first-order chi connectivity index (χ1) is 5.20. The van der Waals surface area contributed by atoms with Crippen LogP contribution in [0.1, 0.15) is 27.7 Å². The average molecular weight is 186 g/mol. The van der Waals surface area contributed by atoms with Crippen LogP contribution in [0.3, 0.4) is 0 Å². The Morgan fingerprint density at radius 1 is 1.42 bits per heavy atom. The summed E-state index contributed by atoms with van der Waals surface area (Å²) in [5.41, 5.74) is -0.00209. The quantitative estimate of drug-likeness (QED) is 0.363. The third-order valence-corrected chi connectivity index (χ3v) is 4.03. The van der Waals surface area contributed by atoms with Crippen LogP contribution in [-0.4, -0.2) is 21.4 Å². The molecule has 0 aromatic rings. The van der Waals surface area contributed by atoms with Gasteiger partial charge in [0.1, 0.15) is 0 Å². The zero-order valence-electron chi connectivity index (χ0n) is 8.60. The van der Waals surface area contributed by atoms with Crippen LogP contribution in [0.15, 0.2) is 12.7 Å². The van der Waals surface area contributed by atoms with E-state index >= 15 is 0 Å². The maximum atomic E-state index is 11.0. The maximum absolute atomic E-state index is 11.0. The molecule has 12 heavy (non-hydrogen) atoms. The summed E-state index contributed by atoms with van der Waals surface area (Å²) < 4.78 is 5.26. The molecule has 0 saturated heterocycles. The van der Waals surface area contributed by atoms with Gasteiger partial charge in [-0.25, -0.2) is 4.79 Å². The van der Waals surface area contributed by atoms with Crippen molar-refractivity contribution >= 4 is 16.2 Å². The van der Waals surface area contributed by atoms with Gasteiger partial charge in [-0.05, 0) is 12.3 Å². The standard InChI is InChI=1S/C9H18O2Si/c1-6-7(10)11-9(5,12)8(2,3)4/h6H,1H2,2-5,12H3. The van der Waals surface area contributed by atoms with Crippen LogP contribution in [0.2, 0.25) is 0 Å². The van der Waals surface area contributed by atoms with Crippen molar-refractivity contribution in [2.75, 3.05) is 0 Å². The summed E-state index contributed by atoms with van der Waals surface area (Å²) in [6.45, 7) is 11.5. The van der Waals surface area contributed by atoms with Crippen molar-refractivity contribution in [1.29, 1.82) is 0 Å². The fourth-order valence-electron chi connectivity index (χ4n) is 0.446. The van der Waals surface area contributed by atoms with Crippen molar-refractivity contribution in [3.63, 3.8) is 0 Å². The summed E-state index contributed by atoms with van der Waals surface area (Å²) in [5.74, 6) is -0.331. The summed E-state index contributed by atoms with van der Waals surface area (Å²) in [6, 6.07) is 0. The first-order valence-electron chi connectivity index (χ1n) is 4.06. The van der Waals surface area contributed by atoms with Crippen LogP contribution < -0.4 is 0 Å². The molecule has 0 radical (unpaired) electrons. The minimum atomic E-state index is -0.331. The van der Waals surface area contributed by atoms with Gasteiger partial charge in [0.25, 0.3) is 0 Å². The lowest BCUT2D eigenvalue weighted by atomic mass is 9.89. The highest BCUT2D eigenvalue weighted by Gasteiger charge is 2.35. The largest absolute Gasteiger partial charge is 0.461 e. The molecule has 0 saturated carbocycles. The topological polar surface area (TPSA) is 26.3 Å². The van der Waals surface area contributed by atoms with Crippen LogP contribution in [0, 0.1) is 5.41 Å². The minimum absolute atomic E-state index is 0.00209. The van der Waals surface area contributed by atoms with Gasteiger partial charge in [0, 0.05) is 6.08 Å². The monoisotopic (exact) mass is 186 g/mol. The van der Waals surface area contributed by atoms with Crippen molar-refractivity contribution in [2.45, 2.75) is 32.9 Å². The highest BCUT2D eigenvalue weighted by atomic mass is 28.1. The van der Waals surface area contributed by atoms with Crippen LogP contribution in [0.25, 0.3) is 0 Å². The van der Waals surface area contributed by atoms with Crippen LogP contribution in [0.4, 0.5) is 0 Å². The van der Waals surface area contributed by atoms with Gasteiger partial charge in [-0.3, -0.25) is 0 Å². The molecule has 0 aliphatic rings. The second-order valence-corrected chi connectivity index (χ2v) is 6.29. The van der Waals surface area contributed by atoms with Crippen LogP contribution in [0.5, 0.6) is 0 Å². The molecule has 1 unspecified atom stereocenters. The Hall–Kier alpha value is -0.573. The summed E-state index contributed by atoms with van der Waals surface area (Å²) in [4.78, 5) is 11.0. The highest BCUT2D eigenvalue weighted by Crippen LogP contribution is 2.30. The first-order valence-corrected chi connectivity index (χ1v) is 5.06. The Morgan fingerprint density at radius 3 is 2.08 bits per heavy atom. The van der Waals surface area contributed by atoms with Gasteiger partial charge >= 0.3 is 5.97 Å². The zero-order chi connectivity index (χ0) is 9.99. The molecule has 2 nitrogen and oxygen atoms in total. The van der Waals surface area contributed by atoms with Gasteiger partial charge in [0.2, 0.25) is 0 Å². The number of esters is 1. The number of carbonyl (C=O) groups is 1. The first kappa shape index (κ1) is 11.4. The number of ether oxygens (including phenoxy) is 1. The predicted molar refractivity (Wildman–Crippen MR) is 54.1 cm³/mol. The molecule has 0 amide bonds. The summed E-state index contributed by atoms with van der Waals surface area (Å²) in [7, 11) is 0.819. The Kier molecular flexibility index (Phi) is 3.27. The van der Waals surface area contributed by atoms with Gasteiger partial charge in [0.05, 0.1) is 15.5 Å². The number of rotatable bonds is 2. The second kappa shape index (κ2) is 3.43. The lowest BCUT2D eigenvalue weighted by Gasteiger charge is -2.37. The normalized spacial score (nSPS) is 16.7. The molecule has 0 bridgehead atoms. The van der Waals surface area contributed by atoms with Crippen LogP contribution >= 0.6 is 0 Å². The Balaban J connectivity index is 4.43. The predicted octanol–water partition coefficient (Wildman–Crippen LogP) is 0.843. The molecular weight excluding hydrogens is 168 g/mol. The Bertz CT molecular complexity index is 189. The van der Waals surface area contributed by atoms with E-state index in [-0.39, 0.29) is 16.6 Å². The summed E-state index contributed by atoms with van der Waals surface area (Å²) >= 11 is 0. The van der Waals surface area contributed by atoms with E-state index in [0.29, 0.717) is 0 Å². The van der Waals surface area contributed by atoms with Crippen molar-refractivity contribution in [3.8, 4) is 0 Å². The van der Waals surface area contributed by atoms with E-state index < -0.39 is 0 Å². The molecule has 0 heterocycles.